The normalized spacial score (nSPS) is 15.3. The fraction of sp³-hybridized carbons (Fsp3) is 0.526. The van der Waals surface area contributed by atoms with Crippen LogP contribution in [0.4, 0.5) is 0 Å². The van der Waals surface area contributed by atoms with Gasteiger partial charge in [0, 0.05) is 12.8 Å². The fourth-order valence-corrected chi connectivity index (χ4v) is 2.47. The van der Waals surface area contributed by atoms with Gasteiger partial charge in [-0.3, -0.25) is 14.4 Å². The van der Waals surface area contributed by atoms with Gasteiger partial charge in [-0.25, -0.2) is 0 Å². The average molecular weight is 379 g/mol. The summed E-state index contributed by atoms with van der Waals surface area (Å²) in [6.45, 7) is 5.25. The third-order valence-electron chi connectivity index (χ3n) is 4.35. The van der Waals surface area contributed by atoms with Crippen molar-refractivity contribution in [3.05, 3.63) is 29.8 Å². The molecule has 0 spiro atoms. The zero-order valence-corrected chi connectivity index (χ0v) is 15.9. The van der Waals surface area contributed by atoms with Crippen molar-refractivity contribution in [3.8, 4) is 5.75 Å². The van der Waals surface area contributed by atoms with Gasteiger partial charge in [-0.2, -0.15) is 0 Å². The standard InChI is InChI=1S/C19H29N3O5/c1-4-11(2)9-16(25)21-15(10-13-5-7-14(24)8-6-13)19(27)22-17(12(3)23)18(20)26/h5-8,11-12,15,17,23-24H,4,9-10H2,1-3H3,(H2,20,26)(H,21,25)(H,22,27). The third-order valence-corrected chi connectivity index (χ3v) is 4.35. The number of aromatic hydroxyl groups is 1. The Morgan fingerprint density at radius 3 is 2.19 bits per heavy atom. The Morgan fingerprint density at radius 2 is 1.70 bits per heavy atom. The molecule has 0 aromatic heterocycles. The number of phenolic OH excluding ortho intramolecular Hbond substituents is 1. The van der Waals surface area contributed by atoms with Crippen molar-refractivity contribution < 1.29 is 24.6 Å². The number of carbonyl (C=O) groups is 3. The molecule has 1 aromatic rings. The monoisotopic (exact) mass is 379 g/mol. The molecule has 0 aliphatic rings. The second kappa shape index (κ2) is 10.5. The van der Waals surface area contributed by atoms with Crippen LogP contribution in [0.25, 0.3) is 0 Å². The Labute approximate surface area is 159 Å². The van der Waals surface area contributed by atoms with Crippen LogP contribution in [0, 0.1) is 5.92 Å². The molecule has 0 aliphatic heterocycles. The summed E-state index contributed by atoms with van der Waals surface area (Å²) >= 11 is 0. The van der Waals surface area contributed by atoms with E-state index in [4.69, 9.17) is 5.73 Å². The van der Waals surface area contributed by atoms with E-state index in [2.05, 4.69) is 10.6 Å². The van der Waals surface area contributed by atoms with Gasteiger partial charge >= 0.3 is 0 Å². The summed E-state index contributed by atoms with van der Waals surface area (Å²) in [5.74, 6) is -1.52. The van der Waals surface area contributed by atoms with E-state index in [0.29, 0.717) is 5.56 Å². The maximum absolute atomic E-state index is 12.6. The molecule has 0 radical (unpaired) electrons. The van der Waals surface area contributed by atoms with Gasteiger partial charge in [-0.05, 0) is 30.5 Å². The predicted molar refractivity (Wildman–Crippen MR) is 101 cm³/mol. The van der Waals surface area contributed by atoms with Gasteiger partial charge in [0.1, 0.15) is 17.8 Å². The Bertz CT molecular complexity index is 645. The molecule has 1 rings (SSSR count). The van der Waals surface area contributed by atoms with Crippen LogP contribution in [-0.4, -0.2) is 46.1 Å². The first-order chi connectivity index (χ1) is 12.6. The lowest BCUT2D eigenvalue weighted by atomic mass is 10.0. The number of aliphatic hydroxyl groups is 1. The van der Waals surface area contributed by atoms with E-state index in [1.807, 2.05) is 13.8 Å². The second-order valence-electron chi connectivity index (χ2n) is 6.84. The minimum Gasteiger partial charge on any atom is -0.508 e. The van der Waals surface area contributed by atoms with Crippen molar-refractivity contribution in [2.45, 2.75) is 58.2 Å². The van der Waals surface area contributed by atoms with E-state index in [1.54, 1.807) is 12.1 Å². The van der Waals surface area contributed by atoms with E-state index in [0.717, 1.165) is 6.42 Å². The van der Waals surface area contributed by atoms with E-state index in [9.17, 15) is 24.6 Å². The number of benzene rings is 1. The molecule has 8 nitrogen and oxygen atoms in total. The molecule has 27 heavy (non-hydrogen) atoms. The quantitative estimate of drug-likeness (QED) is 0.395. The number of rotatable bonds is 10. The van der Waals surface area contributed by atoms with E-state index in [-0.39, 0.29) is 30.4 Å². The molecule has 4 unspecified atom stereocenters. The van der Waals surface area contributed by atoms with Crippen LogP contribution in [0.3, 0.4) is 0 Å². The summed E-state index contributed by atoms with van der Waals surface area (Å²) in [7, 11) is 0. The van der Waals surface area contributed by atoms with Gasteiger partial charge in [-0.15, -0.1) is 0 Å². The number of amides is 3. The summed E-state index contributed by atoms with van der Waals surface area (Å²) in [5.41, 5.74) is 5.92. The van der Waals surface area contributed by atoms with E-state index in [1.165, 1.54) is 19.1 Å². The minimum absolute atomic E-state index is 0.0865. The van der Waals surface area contributed by atoms with Gasteiger partial charge in [-0.1, -0.05) is 32.4 Å². The average Bonchev–Trinajstić information content (AvgIpc) is 2.59. The maximum atomic E-state index is 12.6. The molecule has 6 N–H and O–H groups in total. The van der Waals surface area contributed by atoms with Crippen LogP contribution in [0.5, 0.6) is 5.75 Å². The highest BCUT2D eigenvalue weighted by Gasteiger charge is 2.28. The molecule has 150 valence electrons. The molecule has 0 heterocycles. The highest BCUT2D eigenvalue weighted by atomic mass is 16.3. The number of nitrogens with two attached hydrogens (primary N) is 1. The molecule has 4 atom stereocenters. The molecular formula is C19H29N3O5. The third kappa shape index (κ3) is 7.65. The van der Waals surface area contributed by atoms with Crippen molar-refractivity contribution in [1.29, 1.82) is 0 Å². The van der Waals surface area contributed by atoms with Crippen LogP contribution in [0.2, 0.25) is 0 Å². The van der Waals surface area contributed by atoms with Crippen molar-refractivity contribution in [2.75, 3.05) is 0 Å². The topological polar surface area (TPSA) is 142 Å². The number of phenols is 1. The van der Waals surface area contributed by atoms with Gasteiger partial charge < -0.3 is 26.6 Å². The van der Waals surface area contributed by atoms with Crippen molar-refractivity contribution >= 4 is 17.7 Å². The summed E-state index contributed by atoms with van der Waals surface area (Å²) in [5, 5.41) is 24.1. The lowest BCUT2D eigenvalue weighted by Crippen LogP contribution is -2.56. The molecule has 0 bridgehead atoms. The fourth-order valence-electron chi connectivity index (χ4n) is 2.47. The van der Waals surface area contributed by atoms with Crippen molar-refractivity contribution in [1.82, 2.24) is 10.6 Å². The Morgan fingerprint density at radius 1 is 1.11 bits per heavy atom. The first-order valence-corrected chi connectivity index (χ1v) is 8.99. The van der Waals surface area contributed by atoms with Crippen LogP contribution >= 0.6 is 0 Å². The smallest absolute Gasteiger partial charge is 0.243 e. The summed E-state index contributed by atoms with van der Waals surface area (Å²) in [6, 6.07) is 4.02. The van der Waals surface area contributed by atoms with Gasteiger partial charge in [0.25, 0.3) is 0 Å². The largest absolute Gasteiger partial charge is 0.508 e. The van der Waals surface area contributed by atoms with Crippen LogP contribution in [0.1, 0.15) is 39.2 Å². The molecular weight excluding hydrogens is 350 g/mol. The Balaban J connectivity index is 2.94. The number of nitrogens with one attached hydrogen (secondary N) is 2. The maximum Gasteiger partial charge on any atom is 0.243 e. The van der Waals surface area contributed by atoms with Gasteiger partial charge in [0.05, 0.1) is 6.10 Å². The number of carbonyl (C=O) groups excluding carboxylic acids is 3. The van der Waals surface area contributed by atoms with Gasteiger partial charge in [0.2, 0.25) is 17.7 Å². The Kier molecular flexibility index (Phi) is 8.74. The number of hydrogen-bond acceptors (Lipinski definition) is 5. The van der Waals surface area contributed by atoms with Crippen molar-refractivity contribution in [3.63, 3.8) is 0 Å². The SMILES string of the molecule is CCC(C)CC(=O)NC(Cc1ccc(O)cc1)C(=O)NC(C(N)=O)C(C)O. The zero-order chi connectivity index (χ0) is 20.6. The van der Waals surface area contributed by atoms with Crippen LogP contribution in [0.15, 0.2) is 24.3 Å². The summed E-state index contributed by atoms with van der Waals surface area (Å²) in [4.78, 5) is 36.3. The summed E-state index contributed by atoms with van der Waals surface area (Å²) < 4.78 is 0. The summed E-state index contributed by atoms with van der Waals surface area (Å²) in [6.07, 6.45) is 0.0833. The predicted octanol–water partition coefficient (Wildman–Crippen LogP) is 0.207. The first-order valence-electron chi connectivity index (χ1n) is 8.99. The molecule has 0 aliphatic carbocycles. The zero-order valence-electron chi connectivity index (χ0n) is 15.9. The van der Waals surface area contributed by atoms with E-state index < -0.39 is 30.0 Å². The van der Waals surface area contributed by atoms with Crippen molar-refractivity contribution in [2.24, 2.45) is 11.7 Å². The molecule has 1 aromatic carbocycles. The molecule has 0 saturated carbocycles. The Hall–Kier alpha value is -2.61. The molecule has 0 fully saturated rings. The lowest BCUT2D eigenvalue weighted by Gasteiger charge is -2.24. The van der Waals surface area contributed by atoms with E-state index >= 15 is 0 Å². The highest BCUT2D eigenvalue weighted by molar-refractivity contribution is 5.92. The highest BCUT2D eigenvalue weighted by Crippen LogP contribution is 2.12. The molecule has 3 amide bonds. The molecule has 8 heteroatoms. The number of aliphatic hydroxyl groups excluding tert-OH is 1. The second-order valence-corrected chi connectivity index (χ2v) is 6.84. The minimum atomic E-state index is -1.26. The van der Waals surface area contributed by atoms with Crippen LogP contribution < -0.4 is 16.4 Å². The first kappa shape index (κ1) is 22.4. The number of hydrogen-bond donors (Lipinski definition) is 5. The van der Waals surface area contributed by atoms with Crippen LogP contribution in [-0.2, 0) is 20.8 Å². The number of primary amides is 1. The van der Waals surface area contributed by atoms with Gasteiger partial charge in [0.15, 0.2) is 0 Å². The lowest BCUT2D eigenvalue weighted by molar-refractivity contribution is -0.133. The molecule has 0 saturated heterocycles.